The molecule has 9 heteroatoms. The zero-order valence-corrected chi connectivity index (χ0v) is 22.1. The van der Waals surface area contributed by atoms with Crippen LogP contribution in [0.1, 0.15) is 36.2 Å². The van der Waals surface area contributed by atoms with Crippen LogP contribution in [0.15, 0.2) is 59.0 Å². The first kappa shape index (κ1) is 25.3. The lowest BCUT2D eigenvalue weighted by Crippen LogP contribution is -2.40. The summed E-state index contributed by atoms with van der Waals surface area (Å²) in [4.78, 5) is 25.7. The van der Waals surface area contributed by atoms with Crippen molar-refractivity contribution < 1.29 is 14.0 Å². The van der Waals surface area contributed by atoms with Crippen LogP contribution in [0.5, 0.6) is 0 Å². The fourth-order valence-electron chi connectivity index (χ4n) is 3.36. The summed E-state index contributed by atoms with van der Waals surface area (Å²) >= 11 is 19.9. The van der Waals surface area contributed by atoms with E-state index >= 15 is 0 Å². The van der Waals surface area contributed by atoms with Crippen molar-refractivity contribution in [1.29, 1.82) is 0 Å². The molecule has 0 aliphatic carbocycles. The summed E-state index contributed by atoms with van der Waals surface area (Å²) in [6.45, 7) is 5.70. The Morgan fingerprint density at radius 3 is 2.40 bits per heavy atom. The number of fused-ring (bicyclic) bond motifs is 1. The minimum absolute atomic E-state index is 0.254. The highest BCUT2D eigenvalue weighted by Crippen LogP contribution is 2.39. The van der Waals surface area contributed by atoms with Crippen LogP contribution in [0.3, 0.4) is 0 Å². The van der Waals surface area contributed by atoms with E-state index in [0.717, 1.165) is 10.3 Å². The second kappa shape index (κ2) is 10.1. The van der Waals surface area contributed by atoms with Gasteiger partial charge in [0.25, 0.3) is 5.91 Å². The number of amides is 2. The van der Waals surface area contributed by atoms with Crippen LogP contribution in [-0.2, 0) is 4.79 Å². The number of hydrogen-bond acceptors (Lipinski definition) is 4. The average Bonchev–Trinajstić information content (AvgIpc) is 3.36. The molecule has 2 amide bonds. The molecule has 0 spiro atoms. The maximum Gasteiger partial charge on any atom is 0.263 e. The van der Waals surface area contributed by atoms with Crippen LogP contribution in [-0.4, -0.2) is 17.4 Å². The van der Waals surface area contributed by atoms with Gasteiger partial charge in [0.15, 0.2) is 0 Å². The Labute approximate surface area is 221 Å². The van der Waals surface area contributed by atoms with Gasteiger partial charge in [-0.1, -0.05) is 46.9 Å². The SMILES string of the molecule is CC(C)(C)NC(=O)c1sc2c(NC(=O)/C=C/c3ccc(-c4cc(Cl)cc(Cl)c4)o3)cccc2c1Cl. The molecule has 0 aliphatic heterocycles. The van der Waals surface area contributed by atoms with Gasteiger partial charge in [-0.15, -0.1) is 11.3 Å². The van der Waals surface area contributed by atoms with Crippen LogP contribution in [0.2, 0.25) is 15.1 Å². The van der Waals surface area contributed by atoms with E-state index in [0.29, 0.717) is 42.5 Å². The molecular formula is C26H21Cl3N2O3S. The number of halogens is 3. The van der Waals surface area contributed by atoms with Gasteiger partial charge in [-0.25, -0.2) is 0 Å². The number of thiophene rings is 1. The van der Waals surface area contributed by atoms with Crippen molar-refractivity contribution in [2.45, 2.75) is 26.3 Å². The van der Waals surface area contributed by atoms with Crippen molar-refractivity contribution in [3.05, 3.63) is 80.3 Å². The van der Waals surface area contributed by atoms with Crippen LogP contribution in [0.4, 0.5) is 5.69 Å². The maximum atomic E-state index is 12.7. The van der Waals surface area contributed by atoms with Crippen LogP contribution in [0.25, 0.3) is 27.5 Å². The summed E-state index contributed by atoms with van der Waals surface area (Å²) in [6.07, 6.45) is 2.93. The number of carbonyl (C=O) groups excluding carboxylic acids is 2. The Bertz CT molecular complexity index is 1440. The standard InChI is InChI=1S/C26H21Cl3N2O3S/c1-26(2,3)31-25(33)24-22(29)18-5-4-6-19(23(18)35-24)30-21(32)10-8-17-7-9-20(34-17)14-11-15(27)13-16(28)12-14/h4-13H,1-3H3,(H,30,32)(H,31,33)/b10-8+. The first-order chi connectivity index (χ1) is 16.5. The highest BCUT2D eigenvalue weighted by molar-refractivity contribution is 7.22. The van der Waals surface area contributed by atoms with E-state index in [1.807, 2.05) is 26.8 Å². The predicted octanol–water partition coefficient (Wildman–Crippen LogP) is 8.30. The van der Waals surface area contributed by atoms with E-state index in [1.165, 1.54) is 17.4 Å². The number of furan rings is 1. The lowest BCUT2D eigenvalue weighted by atomic mass is 10.1. The van der Waals surface area contributed by atoms with Gasteiger partial charge in [-0.2, -0.15) is 0 Å². The molecule has 0 saturated carbocycles. The molecule has 0 saturated heterocycles. The Hall–Kier alpha value is -2.77. The topological polar surface area (TPSA) is 71.3 Å². The van der Waals surface area contributed by atoms with E-state index in [2.05, 4.69) is 10.6 Å². The van der Waals surface area contributed by atoms with Crippen molar-refractivity contribution in [2.24, 2.45) is 0 Å². The fourth-order valence-corrected chi connectivity index (χ4v) is 5.35. The molecule has 0 atom stereocenters. The molecule has 2 aromatic carbocycles. The third kappa shape index (κ3) is 6.08. The minimum atomic E-state index is -0.400. The van der Waals surface area contributed by atoms with E-state index in [1.54, 1.807) is 48.5 Å². The van der Waals surface area contributed by atoms with Crippen molar-refractivity contribution in [1.82, 2.24) is 5.32 Å². The molecule has 0 unspecified atom stereocenters. The number of rotatable bonds is 5. The highest BCUT2D eigenvalue weighted by atomic mass is 35.5. The van der Waals surface area contributed by atoms with Crippen molar-refractivity contribution in [2.75, 3.05) is 5.32 Å². The van der Waals surface area contributed by atoms with Crippen LogP contribution < -0.4 is 10.6 Å². The lowest BCUT2D eigenvalue weighted by Gasteiger charge is -2.19. The monoisotopic (exact) mass is 546 g/mol. The van der Waals surface area contributed by atoms with Crippen LogP contribution in [0, 0.1) is 0 Å². The van der Waals surface area contributed by atoms with Gasteiger partial charge >= 0.3 is 0 Å². The third-order valence-electron chi connectivity index (χ3n) is 4.78. The zero-order chi connectivity index (χ0) is 25.3. The van der Waals surface area contributed by atoms with Gasteiger partial charge in [0, 0.05) is 32.6 Å². The molecule has 0 bridgehead atoms. The molecule has 35 heavy (non-hydrogen) atoms. The molecule has 0 radical (unpaired) electrons. The van der Waals surface area contributed by atoms with Gasteiger partial charge in [0.05, 0.1) is 15.4 Å². The molecule has 0 aliphatic rings. The summed E-state index contributed by atoms with van der Waals surface area (Å²) in [5, 5.41) is 7.84. The Kier molecular flexibility index (Phi) is 7.29. The number of nitrogens with one attached hydrogen (secondary N) is 2. The van der Waals surface area contributed by atoms with E-state index in [4.69, 9.17) is 39.2 Å². The van der Waals surface area contributed by atoms with Crippen molar-refractivity contribution in [3.63, 3.8) is 0 Å². The molecule has 180 valence electrons. The third-order valence-corrected chi connectivity index (χ3v) is 6.96. The van der Waals surface area contributed by atoms with Gasteiger partial charge in [0.2, 0.25) is 5.91 Å². The maximum absolute atomic E-state index is 12.7. The van der Waals surface area contributed by atoms with Gasteiger partial charge in [0.1, 0.15) is 16.4 Å². The number of benzene rings is 2. The smallest absolute Gasteiger partial charge is 0.263 e. The largest absolute Gasteiger partial charge is 0.457 e. The first-order valence-electron chi connectivity index (χ1n) is 10.6. The molecule has 0 fully saturated rings. The Morgan fingerprint density at radius 2 is 1.71 bits per heavy atom. The normalized spacial score (nSPS) is 11.8. The van der Waals surface area contributed by atoms with Gasteiger partial charge < -0.3 is 15.1 Å². The van der Waals surface area contributed by atoms with E-state index < -0.39 is 5.54 Å². The molecule has 5 nitrogen and oxygen atoms in total. The molecule has 2 heterocycles. The number of hydrogen-bond donors (Lipinski definition) is 2. The molecule has 4 aromatic rings. The van der Waals surface area contributed by atoms with E-state index in [-0.39, 0.29) is 11.8 Å². The summed E-state index contributed by atoms with van der Waals surface area (Å²) in [5.41, 5.74) is 0.898. The lowest BCUT2D eigenvalue weighted by molar-refractivity contribution is -0.111. The molecular weight excluding hydrogens is 527 g/mol. The van der Waals surface area contributed by atoms with Gasteiger partial charge in [-0.3, -0.25) is 9.59 Å². The summed E-state index contributed by atoms with van der Waals surface area (Å²) in [6, 6.07) is 14.0. The Morgan fingerprint density at radius 1 is 1.00 bits per heavy atom. The first-order valence-corrected chi connectivity index (χ1v) is 12.5. The van der Waals surface area contributed by atoms with Crippen molar-refractivity contribution >= 4 is 79.8 Å². The Balaban J connectivity index is 1.52. The van der Waals surface area contributed by atoms with Crippen molar-refractivity contribution in [3.8, 4) is 11.3 Å². The predicted molar refractivity (Wildman–Crippen MR) is 146 cm³/mol. The second-order valence-corrected chi connectivity index (χ2v) is 11.1. The summed E-state index contributed by atoms with van der Waals surface area (Å²) in [5.74, 6) is 0.459. The van der Waals surface area contributed by atoms with Crippen LogP contribution >= 0.6 is 46.1 Å². The quantitative estimate of drug-likeness (QED) is 0.247. The molecule has 2 N–H and O–H groups in total. The minimum Gasteiger partial charge on any atom is -0.457 e. The molecule has 4 rings (SSSR count). The van der Waals surface area contributed by atoms with E-state index in [9.17, 15) is 9.59 Å². The van der Waals surface area contributed by atoms with Gasteiger partial charge in [-0.05, 0) is 63.2 Å². The zero-order valence-electron chi connectivity index (χ0n) is 19.0. The number of carbonyl (C=O) groups is 2. The molecule has 2 aromatic heterocycles. The summed E-state index contributed by atoms with van der Waals surface area (Å²) < 4.78 is 6.51. The second-order valence-electron chi connectivity index (χ2n) is 8.81. The fraction of sp³-hybridized carbons (Fsp3) is 0.154. The summed E-state index contributed by atoms with van der Waals surface area (Å²) in [7, 11) is 0. The highest BCUT2D eigenvalue weighted by Gasteiger charge is 2.22. The average molecular weight is 548 g/mol. The number of anilines is 1.